The zero-order valence-electron chi connectivity index (χ0n) is 20.2. The molecule has 2 aromatic rings. The quantitative estimate of drug-likeness (QED) is 0.485. The number of ether oxygens (including phenoxy) is 1. The number of nitrogens with one attached hydrogen (secondary N) is 2. The molecule has 0 bridgehead atoms. The Hall–Kier alpha value is -3.35. The molecule has 1 fully saturated rings. The maximum absolute atomic E-state index is 12.9. The number of benzene rings is 2. The van der Waals surface area contributed by atoms with E-state index in [9.17, 15) is 19.5 Å². The van der Waals surface area contributed by atoms with E-state index in [0.717, 1.165) is 30.4 Å². The highest BCUT2D eigenvalue weighted by Crippen LogP contribution is 2.44. The molecule has 0 saturated heterocycles. The van der Waals surface area contributed by atoms with Crippen LogP contribution in [-0.4, -0.2) is 42.3 Å². The molecular formula is C28H34N2O5. The van der Waals surface area contributed by atoms with Crippen LogP contribution in [0.15, 0.2) is 48.5 Å². The molecule has 2 aliphatic carbocycles. The summed E-state index contributed by atoms with van der Waals surface area (Å²) < 4.78 is 5.59. The molecule has 0 aliphatic heterocycles. The Morgan fingerprint density at radius 2 is 1.69 bits per heavy atom. The van der Waals surface area contributed by atoms with E-state index < -0.39 is 18.0 Å². The molecular weight excluding hydrogens is 444 g/mol. The molecule has 0 radical (unpaired) electrons. The Kier molecular flexibility index (Phi) is 8.06. The number of carbonyl (C=O) groups is 3. The summed E-state index contributed by atoms with van der Waals surface area (Å²) in [7, 11) is 0. The van der Waals surface area contributed by atoms with Crippen molar-refractivity contribution in [1.82, 2.24) is 10.6 Å². The molecule has 2 aromatic carbocycles. The zero-order chi connectivity index (χ0) is 24.8. The number of hydrogen-bond acceptors (Lipinski definition) is 4. The Morgan fingerprint density at radius 3 is 2.31 bits per heavy atom. The van der Waals surface area contributed by atoms with Crippen LogP contribution < -0.4 is 10.6 Å². The molecule has 2 amide bonds. The van der Waals surface area contributed by atoms with Gasteiger partial charge in [0.2, 0.25) is 5.91 Å². The average Bonchev–Trinajstić information content (AvgIpc) is 3.19. The van der Waals surface area contributed by atoms with Gasteiger partial charge in [-0.2, -0.15) is 0 Å². The van der Waals surface area contributed by atoms with Crippen molar-refractivity contribution in [3.05, 3.63) is 59.7 Å². The van der Waals surface area contributed by atoms with Gasteiger partial charge >= 0.3 is 12.1 Å². The van der Waals surface area contributed by atoms with Gasteiger partial charge in [-0.25, -0.2) is 4.79 Å². The van der Waals surface area contributed by atoms with E-state index in [0.29, 0.717) is 19.3 Å². The van der Waals surface area contributed by atoms with Gasteiger partial charge < -0.3 is 20.5 Å². The number of alkyl carbamates (subject to hydrolysis) is 1. The van der Waals surface area contributed by atoms with Gasteiger partial charge in [-0.15, -0.1) is 0 Å². The molecule has 186 valence electrons. The molecule has 4 rings (SSSR count). The van der Waals surface area contributed by atoms with Crippen LogP contribution in [-0.2, 0) is 14.3 Å². The van der Waals surface area contributed by atoms with Crippen LogP contribution in [0.2, 0.25) is 0 Å². The Bertz CT molecular complexity index is 1020. The minimum Gasteiger partial charge on any atom is -0.481 e. The molecule has 7 nitrogen and oxygen atoms in total. The molecule has 0 aromatic heterocycles. The molecule has 7 heteroatoms. The minimum atomic E-state index is -0.800. The topological polar surface area (TPSA) is 105 Å². The summed E-state index contributed by atoms with van der Waals surface area (Å²) >= 11 is 0. The van der Waals surface area contributed by atoms with E-state index in [1.807, 2.05) is 31.2 Å². The highest BCUT2D eigenvalue weighted by molar-refractivity contribution is 5.81. The monoisotopic (exact) mass is 478 g/mol. The van der Waals surface area contributed by atoms with Gasteiger partial charge in [-0.05, 0) is 47.9 Å². The SMILES string of the molecule is CCCC(CNC(=O)OCC1c2ccccc2-c2ccccc21)C(=O)N[C@@H]1CCC[C@H](C(=O)O)C1. The number of carboxylic acid groups (broad SMARTS) is 1. The number of carboxylic acids is 1. The first kappa shape index (κ1) is 24.8. The molecule has 0 heterocycles. The van der Waals surface area contributed by atoms with Crippen LogP contribution in [0.4, 0.5) is 4.79 Å². The highest BCUT2D eigenvalue weighted by atomic mass is 16.5. The first-order chi connectivity index (χ1) is 17.0. The lowest BCUT2D eigenvalue weighted by atomic mass is 9.85. The lowest BCUT2D eigenvalue weighted by molar-refractivity contribution is -0.143. The summed E-state index contributed by atoms with van der Waals surface area (Å²) in [5.41, 5.74) is 4.64. The Balaban J connectivity index is 1.30. The fourth-order valence-electron chi connectivity index (χ4n) is 5.39. The number of hydrogen-bond donors (Lipinski definition) is 3. The smallest absolute Gasteiger partial charge is 0.407 e. The van der Waals surface area contributed by atoms with E-state index in [-0.39, 0.29) is 36.9 Å². The molecule has 1 saturated carbocycles. The van der Waals surface area contributed by atoms with Crippen LogP contribution in [0.3, 0.4) is 0 Å². The predicted molar refractivity (Wildman–Crippen MR) is 133 cm³/mol. The lowest BCUT2D eigenvalue weighted by Gasteiger charge is -2.29. The Labute approximate surface area is 206 Å². The van der Waals surface area contributed by atoms with Gasteiger partial charge in [0.15, 0.2) is 0 Å². The molecule has 35 heavy (non-hydrogen) atoms. The van der Waals surface area contributed by atoms with E-state index >= 15 is 0 Å². The van der Waals surface area contributed by atoms with Crippen LogP contribution >= 0.6 is 0 Å². The number of amides is 2. The van der Waals surface area contributed by atoms with Gasteiger partial charge in [0, 0.05) is 18.5 Å². The third-order valence-electron chi connectivity index (χ3n) is 7.21. The molecule has 1 unspecified atom stereocenters. The van der Waals surface area contributed by atoms with Crippen LogP contribution in [0.1, 0.15) is 62.5 Å². The third-order valence-corrected chi connectivity index (χ3v) is 7.21. The summed E-state index contributed by atoms with van der Waals surface area (Å²) in [6, 6.07) is 16.2. The van der Waals surface area contributed by atoms with E-state index in [2.05, 4.69) is 34.9 Å². The van der Waals surface area contributed by atoms with Gasteiger partial charge in [0.05, 0.1) is 11.8 Å². The zero-order valence-corrected chi connectivity index (χ0v) is 20.2. The molecule has 0 spiro atoms. The van der Waals surface area contributed by atoms with E-state index in [1.54, 1.807) is 0 Å². The normalized spacial score (nSPS) is 19.8. The van der Waals surface area contributed by atoms with Crippen molar-refractivity contribution in [1.29, 1.82) is 0 Å². The van der Waals surface area contributed by atoms with Crippen LogP contribution in [0, 0.1) is 11.8 Å². The first-order valence-corrected chi connectivity index (χ1v) is 12.6. The van der Waals surface area contributed by atoms with Crippen molar-refractivity contribution < 1.29 is 24.2 Å². The second-order valence-electron chi connectivity index (χ2n) is 9.60. The number of carbonyl (C=O) groups excluding carboxylic acids is 2. The maximum atomic E-state index is 12.9. The summed E-state index contributed by atoms with van der Waals surface area (Å²) in [5, 5.41) is 15.1. The fraction of sp³-hybridized carbons (Fsp3) is 0.464. The minimum absolute atomic E-state index is 0.0173. The van der Waals surface area contributed by atoms with Crippen molar-refractivity contribution in [2.75, 3.05) is 13.2 Å². The van der Waals surface area contributed by atoms with Crippen molar-refractivity contribution in [2.45, 2.75) is 57.4 Å². The average molecular weight is 479 g/mol. The lowest BCUT2D eigenvalue weighted by Crippen LogP contribution is -2.45. The van der Waals surface area contributed by atoms with Crippen LogP contribution in [0.25, 0.3) is 11.1 Å². The molecule has 2 aliphatic rings. The second-order valence-corrected chi connectivity index (χ2v) is 9.60. The second kappa shape index (κ2) is 11.4. The van der Waals surface area contributed by atoms with Crippen molar-refractivity contribution in [3.8, 4) is 11.1 Å². The maximum Gasteiger partial charge on any atom is 0.407 e. The van der Waals surface area contributed by atoms with Gasteiger partial charge in [-0.3, -0.25) is 9.59 Å². The number of aliphatic carboxylic acids is 1. The fourth-order valence-corrected chi connectivity index (χ4v) is 5.39. The highest BCUT2D eigenvalue weighted by Gasteiger charge is 2.31. The number of rotatable bonds is 9. The summed E-state index contributed by atoms with van der Waals surface area (Å²) in [4.78, 5) is 36.7. The summed E-state index contributed by atoms with van der Waals surface area (Å²) in [5.74, 6) is -1.74. The van der Waals surface area contributed by atoms with Crippen molar-refractivity contribution in [2.24, 2.45) is 11.8 Å². The first-order valence-electron chi connectivity index (χ1n) is 12.6. The molecule has 3 N–H and O–H groups in total. The summed E-state index contributed by atoms with van der Waals surface area (Å²) in [6.07, 6.45) is 3.58. The molecule has 3 atom stereocenters. The predicted octanol–water partition coefficient (Wildman–Crippen LogP) is 4.70. The largest absolute Gasteiger partial charge is 0.481 e. The summed E-state index contributed by atoms with van der Waals surface area (Å²) in [6.45, 7) is 2.41. The van der Waals surface area contributed by atoms with Gasteiger partial charge in [0.1, 0.15) is 6.61 Å². The van der Waals surface area contributed by atoms with Crippen molar-refractivity contribution >= 4 is 18.0 Å². The number of fused-ring (bicyclic) bond motifs is 3. The van der Waals surface area contributed by atoms with E-state index in [1.165, 1.54) is 11.1 Å². The van der Waals surface area contributed by atoms with Crippen molar-refractivity contribution in [3.63, 3.8) is 0 Å². The van der Waals surface area contributed by atoms with Gasteiger partial charge in [0.25, 0.3) is 0 Å². The van der Waals surface area contributed by atoms with E-state index in [4.69, 9.17) is 4.74 Å². The standard InChI is InChI=1S/C28H34N2O5/c1-2-8-19(26(31)30-20-10-7-9-18(15-20)27(32)33)16-29-28(34)35-17-25-23-13-5-3-11-21(23)22-12-4-6-14-24(22)25/h3-6,11-14,18-20,25H,2,7-10,15-17H2,1H3,(H,29,34)(H,30,31)(H,32,33)/t18-,19?,20+/m0/s1. The Morgan fingerprint density at radius 1 is 1.03 bits per heavy atom. The third kappa shape index (κ3) is 5.84. The van der Waals surface area contributed by atoms with Gasteiger partial charge in [-0.1, -0.05) is 68.3 Å². The van der Waals surface area contributed by atoms with Crippen LogP contribution in [0.5, 0.6) is 0 Å².